The van der Waals surface area contributed by atoms with Crippen molar-refractivity contribution < 1.29 is 19.1 Å². The number of carbonyl (C=O) groups is 2. The molecule has 3 N–H and O–H groups in total. The predicted octanol–water partition coefficient (Wildman–Crippen LogP) is 5.04. The lowest BCUT2D eigenvalue weighted by atomic mass is 9.99. The maximum atomic E-state index is 13.9. The number of rotatable bonds is 13. The van der Waals surface area contributed by atoms with Crippen LogP contribution >= 0.6 is 0 Å². The lowest BCUT2D eigenvalue weighted by Crippen LogP contribution is -2.48. The first kappa shape index (κ1) is 33.8. The molecule has 5 rings (SSSR count). The van der Waals surface area contributed by atoms with Gasteiger partial charge in [-0.1, -0.05) is 50.2 Å². The first-order valence-corrected chi connectivity index (χ1v) is 16.3. The summed E-state index contributed by atoms with van der Waals surface area (Å²) in [5.74, 6) is 0.361. The molecule has 1 fully saturated rings. The Kier molecular flexibility index (Phi) is 11.1. The third-order valence-electron chi connectivity index (χ3n) is 8.62. The number of carbonyl (C=O) groups excluding carboxylic acids is 2. The Bertz CT molecular complexity index is 1650. The van der Waals surface area contributed by atoms with Crippen LogP contribution in [0.15, 0.2) is 77.7 Å². The van der Waals surface area contributed by atoms with E-state index < -0.39 is 12.1 Å². The van der Waals surface area contributed by atoms with Crippen molar-refractivity contribution >= 4 is 17.5 Å². The van der Waals surface area contributed by atoms with Crippen LogP contribution in [0.25, 0.3) is 0 Å². The molecule has 3 atom stereocenters. The van der Waals surface area contributed by atoms with Crippen molar-refractivity contribution in [1.29, 1.82) is 0 Å². The summed E-state index contributed by atoms with van der Waals surface area (Å²) in [5.41, 5.74) is 5.43. The third kappa shape index (κ3) is 8.64. The topological polar surface area (TPSA) is 124 Å². The minimum atomic E-state index is -0.881. The van der Waals surface area contributed by atoms with Crippen LogP contribution in [0.1, 0.15) is 87.6 Å². The van der Waals surface area contributed by atoms with Crippen molar-refractivity contribution in [3.05, 3.63) is 113 Å². The number of anilines is 1. The number of pyridine rings is 1. The van der Waals surface area contributed by atoms with Gasteiger partial charge in [0, 0.05) is 62.9 Å². The Labute approximate surface area is 277 Å². The highest BCUT2D eigenvalue weighted by molar-refractivity contribution is 6.01. The van der Waals surface area contributed by atoms with Gasteiger partial charge in [0.25, 0.3) is 11.8 Å². The number of hydrogen-bond donors (Lipinski definition) is 3. The number of benzene rings is 2. The zero-order chi connectivity index (χ0) is 33.5. The van der Waals surface area contributed by atoms with Gasteiger partial charge in [0.1, 0.15) is 12.3 Å². The van der Waals surface area contributed by atoms with Crippen molar-refractivity contribution in [2.24, 2.45) is 0 Å². The number of aliphatic hydroxyl groups excluding tert-OH is 1. The van der Waals surface area contributed by atoms with Gasteiger partial charge >= 0.3 is 0 Å². The SMILES string of the molecule is Cc1coc(C2CCCN2C(=O)c2cc(C(=O)NC(Cc3ccccc3)C(O)CNCc3cncc(C(C)C)c3)cc(N(C)C)c2)n1. The second-order valence-electron chi connectivity index (χ2n) is 12.9. The molecule has 0 saturated carbocycles. The monoisotopic (exact) mass is 638 g/mol. The average Bonchev–Trinajstić information content (AvgIpc) is 3.73. The van der Waals surface area contributed by atoms with Crippen LogP contribution in [0.3, 0.4) is 0 Å². The van der Waals surface area contributed by atoms with Gasteiger partial charge in [-0.3, -0.25) is 14.6 Å². The summed E-state index contributed by atoms with van der Waals surface area (Å²) in [6.07, 6.45) is 6.45. The molecule has 0 radical (unpaired) electrons. The molecule has 2 amide bonds. The molecule has 3 heterocycles. The number of aryl methyl sites for hydroxylation is 1. The quantitative estimate of drug-likeness (QED) is 0.186. The summed E-state index contributed by atoms with van der Waals surface area (Å²) in [5, 5.41) is 17.8. The van der Waals surface area contributed by atoms with E-state index in [1.807, 2.05) is 68.6 Å². The summed E-state index contributed by atoms with van der Waals surface area (Å²) in [6.45, 7) is 7.50. The molecule has 1 aliphatic rings. The Hall–Kier alpha value is -4.54. The standard InChI is InChI=1S/C37H46N6O4/c1-24(2)30-14-27(19-38-21-30)20-39-22-34(44)32(15-26-10-7-6-8-11-26)41-35(45)28-16-29(18-31(17-28)42(4)5)37(46)43-13-9-12-33(43)36-40-25(3)23-47-36/h6-8,10-11,14,16-19,21,23-24,32-34,39,44H,9,12-13,15,20,22H2,1-5H3,(H,41,45). The average molecular weight is 639 g/mol. The maximum Gasteiger partial charge on any atom is 0.254 e. The van der Waals surface area contributed by atoms with Gasteiger partial charge in [0.05, 0.1) is 17.8 Å². The van der Waals surface area contributed by atoms with E-state index in [0.29, 0.717) is 42.4 Å². The maximum absolute atomic E-state index is 13.9. The summed E-state index contributed by atoms with van der Waals surface area (Å²) in [7, 11) is 3.75. The van der Waals surface area contributed by atoms with Crippen LogP contribution in [0, 0.1) is 6.92 Å². The zero-order valence-corrected chi connectivity index (χ0v) is 27.9. The number of amides is 2. The molecule has 10 heteroatoms. The van der Waals surface area contributed by atoms with E-state index in [0.717, 1.165) is 40.9 Å². The molecular weight excluding hydrogens is 592 g/mol. The summed E-state index contributed by atoms with van der Waals surface area (Å²) in [6, 6.07) is 16.3. The van der Waals surface area contributed by atoms with Gasteiger partial charge < -0.3 is 30.0 Å². The first-order chi connectivity index (χ1) is 22.6. The van der Waals surface area contributed by atoms with E-state index in [4.69, 9.17) is 4.42 Å². The van der Waals surface area contributed by atoms with Crippen LogP contribution in [-0.2, 0) is 13.0 Å². The number of hydrogen-bond acceptors (Lipinski definition) is 8. The van der Waals surface area contributed by atoms with Crippen molar-refractivity contribution in [2.45, 2.75) is 70.7 Å². The lowest BCUT2D eigenvalue weighted by Gasteiger charge is -2.26. The molecule has 2 aromatic heterocycles. The summed E-state index contributed by atoms with van der Waals surface area (Å²) < 4.78 is 5.66. The highest BCUT2D eigenvalue weighted by atomic mass is 16.3. The smallest absolute Gasteiger partial charge is 0.254 e. The number of likely N-dealkylation sites (tertiary alicyclic amines) is 1. The zero-order valence-electron chi connectivity index (χ0n) is 27.9. The van der Waals surface area contributed by atoms with E-state index in [-0.39, 0.29) is 24.4 Å². The molecule has 0 spiro atoms. The van der Waals surface area contributed by atoms with Crippen molar-refractivity contribution in [3.8, 4) is 0 Å². The van der Waals surface area contributed by atoms with Gasteiger partial charge in [-0.15, -0.1) is 0 Å². The van der Waals surface area contributed by atoms with Gasteiger partial charge in [-0.05, 0) is 67.0 Å². The van der Waals surface area contributed by atoms with Crippen molar-refractivity contribution in [1.82, 2.24) is 25.5 Å². The highest BCUT2D eigenvalue weighted by Gasteiger charge is 2.34. The van der Waals surface area contributed by atoms with Gasteiger partial charge in [-0.2, -0.15) is 0 Å². The van der Waals surface area contributed by atoms with Gasteiger partial charge in [0.15, 0.2) is 0 Å². The normalized spacial score (nSPS) is 15.9. The van der Waals surface area contributed by atoms with E-state index in [2.05, 4.69) is 40.5 Å². The number of nitrogens with one attached hydrogen (secondary N) is 2. The minimum Gasteiger partial charge on any atom is -0.446 e. The van der Waals surface area contributed by atoms with Crippen LogP contribution in [0.4, 0.5) is 5.69 Å². The molecule has 0 bridgehead atoms. The minimum absolute atomic E-state index is 0.179. The highest BCUT2D eigenvalue weighted by Crippen LogP contribution is 2.33. The number of oxazole rings is 1. The van der Waals surface area contributed by atoms with E-state index in [1.165, 1.54) is 0 Å². The molecule has 47 heavy (non-hydrogen) atoms. The Morgan fingerprint density at radius 3 is 2.53 bits per heavy atom. The van der Waals surface area contributed by atoms with E-state index in [9.17, 15) is 14.7 Å². The fraction of sp³-hybridized carbons (Fsp3) is 0.405. The molecule has 3 unspecified atom stereocenters. The fourth-order valence-corrected chi connectivity index (χ4v) is 5.91. The van der Waals surface area contributed by atoms with Crippen molar-refractivity contribution in [2.75, 3.05) is 32.1 Å². The first-order valence-electron chi connectivity index (χ1n) is 16.3. The predicted molar refractivity (Wildman–Crippen MR) is 182 cm³/mol. The molecule has 1 saturated heterocycles. The Morgan fingerprint density at radius 1 is 1.06 bits per heavy atom. The fourth-order valence-electron chi connectivity index (χ4n) is 5.91. The number of aromatic nitrogens is 2. The molecule has 10 nitrogen and oxygen atoms in total. The molecule has 248 valence electrons. The van der Waals surface area contributed by atoms with E-state index in [1.54, 1.807) is 29.4 Å². The second-order valence-corrected chi connectivity index (χ2v) is 12.9. The van der Waals surface area contributed by atoms with E-state index >= 15 is 0 Å². The Balaban J connectivity index is 1.34. The van der Waals surface area contributed by atoms with Gasteiger partial charge in [0.2, 0.25) is 5.89 Å². The lowest BCUT2D eigenvalue weighted by molar-refractivity contribution is 0.0715. The van der Waals surface area contributed by atoms with Crippen molar-refractivity contribution in [3.63, 3.8) is 0 Å². The largest absolute Gasteiger partial charge is 0.446 e. The van der Waals surface area contributed by atoms with Gasteiger partial charge in [-0.25, -0.2) is 4.98 Å². The number of aliphatic hydroxyl groups is 1. The van der Waals surface area contributed by atoms with Crippen LogP contribution in [0.5, 0.6) is 0 Å². The second kappa shape index (κ2) is 15.4. The summed E-state index contributed by atoms with van der Waals surface area (Å²) >= 11 is 0. The Morgan fingerprint density at radius 2 is 1.83 bits per heavy atom. The third-order valence-corrected chi connectivity index (χ3v) is 8.62. The molecule has 4 aromatic rings. The van der Waals surface area contributed by atoms with Crippen LogP contribution < -0.4 is 15.5 Å². The molecule has 0 aliphatic carbocycles. The van der Waals surface area contributed by atoms with Crippen LogP contribution in [0.2, 0.25) is 0 Å². The van der Waals surface area contributed by atoms with Crippen LogP contribution in [-0.4, -0.2) is 71.1 Å². The summed E-state index contributed by atoms with van der Waals surface area (Å²) in [4.78, 5) is 40.3. The molecule has 2 aromatic carbocycles. The number of nitrogens with zero attached hydrogens (tertiary/aromatic N) is 4. The molecular formula is C37H46N6O4. The molecule has 1 aliphatic heterocycles.